The SMILES string of the molecule is CN1CCC(Nc2ccc([N+](=O)[O-])c(C#N)n2)C1=O. The third-order valence-electron chi connectivity index (χ3n) is 2.93. The number of pyridine rings is 1. The number of nitro groups is 1. The van der Waals surface area contributed by atoms with Crippen LogP contribution in [-0.2, 0) is 4.79 Å². The number of likely N-dealkylation sites (tertiary alicyclic amines) is 1. The van der Waals surface area contributed by atoms with E-state index in [1.165, 1.54) is 12.1 Å². The maximum atomic E-state index is 11.7. The molecule has 2 heterocycles. The standard InChI is InChI=1S/C11H11N5O3/c1-15-5-4-7(11(15)17)13-10-3-2-9(16(18)19)8(6-12)14-10/h2-3,7H,4-5H2,1H3,(H,13,14). The molecule has 1 fully saturated rings. The minimum Gasteiger partial charge on any atom is -0.358 e. The maximum absolute atomic E-state index is 11.7. The fourth-order valence-electron chi connectivity index (χ4n) is 1.90. The van der Waals surface area contributed by atoms with Gasteiger partial charge in [0, 0.05) is 19.7 Å². The van der Waals surface area contributed by atoms with Crippen molar-refractivity contribution in [1.29, 1.82) is 5.26 Å². The summed E-state index contributed by atoms with van der Waals surface area (Å²) in [7, 11) is 1.70. The lowest BCUT2D eigenvalue weighted by atomic mass is 10.2. The summed E-state index contributed by atoms with van der Waals surface area (Å²) in [6.45, 7) is 0.647. The number of nitrogens with one attached hydrogen (secondary N) is 1. The zero-order valence-corrected chi connectivity index (χ0v) is 10.2. The van der Waals surface area contributed by atoms with Crippen molar-refractivity contribution in [2.45, 2.75) is 12.5 Å². The number of aromatic nitrogens is 1. The summed E-state index contributed by atoms with van der Waals surface area (Å²) in [5.74, 6) is 0.231. The number of anilines is 1. The van der Waals surface area contributed by atoms with Crippen LogP contribution in [0.15, 0.2) is 12.1 Å². The summed E-state index contributed by atoms with van der Waals surface area (Å²) in [6.07, 6.45) is 0.635. The number of likely N-dealkylation sites (N-methyl/N-ethyl adjacent to an activating group) is 1. The quantitative estimate of drug-likeness (QED) is 0.626. The van der Waals surface area contributed by atoms with E-state index in [1.54, 1.807) is 18.0 Å². The Balaban J connectivity index is 2.21. The molecule has 19 heavy (non-hydrogen) atoms. The summed E-state index contributed by atoms with van der Waals surface area (Å²) in [5.41, 5.74) is -0.614. The molecule has 0 aromatic carbocycles. The Morgan fingerprint density at radius 2 is 2.37 bits per heavy atom. The maximum Gasteiger partial charge on any atom is 0.305 e. The van der Waals surface area contributed by atoms with Gasteiger partial charge in [-0.05, 0) is 12.5 Å². The number of carbonyl (C=O) groups is 1. The van der Waals surface area contributed by atoms with Crippen LogP contribution in [0.2, 0.25) is 0 Å². The van der Waals surface area contributed by atoms with E-state index in [-0.39, 0.29) is 23.1 Å². The predicted molar refractivity (Wildman–Crippen MR) is 65.3 cm³/mol. The molecule has 1 amide bonds. The highest BCUT2D eigenvalue weighted by molar-refractivity contribution is 5.86. The Kier molecular flexibility index (Phi) is 3.29. The van der Waals surface area contributed by atoms with Crippen LogP contribution >= 0.6 is 0 Å². The average molecular weight is 261 g/mol. The molecule has 1 aromatic rings. The number of nitrogens with zero attached hydrogens (tertiary/aromatic N) is 4. The van der Waals surface area contributed by atoms with Gasteiger partial charge in [0.15, 0.2) is 0 Å². The number of hydrogen-bond acceptors (Lipinski definition) is 6. The van der Waals surface area contributed by atoms with Crippen LogP contribution in [0.4, 0.5) is 11.5 Å². The van der Waals surface area contributed by atoms with Gasteiger partial charge in [-0.1, -0.05) is 0 Å². The van der Waals surface area contributed by atoms with Gasteiger partial charge in [0.1, 0.15) is 17.9 Å². The van der Waals surface area contributed by atoms with Gasteiger partial charge in [0.2, 0.25) is 11.6 Å². The number of nitriles is 1. The highest BCUT2D eigenvalue weighted by Crippen LogP contribution is 2.20. The molecule has 1 atom stereocenters. The highest BCUT2D eigenvalue weighted by atomic mass is 16.6. The second kappa shape index (κ2) is 4.89. The molecule has 0 spiro atoms. The van der Waals surface area contributed by atoms with E-state index in [0.29, 0.717) is 13.0 Å². The van der Waals surface area contributed by atoms with Gasteiger partial charge in [-0.2, -0.15) is 5.26 Å². The first-order valence-corrected chi connectivity index (χ1v) is 5.60. The molecule has 8 nitrogen and oxygen atoms in total. The Bertz CT molecular complexity index is 580. The van der Waals surface area contributed by atoms with Crippen molar-refractivity contribution in [2.75, 3.05) is 18.9 Å². The zero-order valence-electron chi connectivity index (χ0n) is 10.2. The van der Waals surface area contributed by atoms with Gasteiger partial charge in [-0.15, -0.1) is 0 Å². The van der Waals surface area contributed by atoms with Crippen LogP contribution in [0.5, 0.6) is 0 Å². The number of amides is 1. The summed E-state index contributed by atoms with van der Waals surface area (Å²) in [4.78, 5) is 27.1. The van der Waals surface area contributed by atoms with E-state index in [9.17, 15) is 14.9 Å². The van der Waals surface area contributed by atoms with Gasteiger partial charge in [0.25, 0.3) is 0 Å². The van der Waals surface area contributed by atoms with Crippen molar-refractivity contribution in [1.82, 2.24) is 9.88 Å². The minimum absolute atomic E-state index is 0.0568. The van der Waals surface area contributed by atoms with Crippen molar-refractivity contribution in [3.8, 4) is 6.07 Å². The summed E-state index contributed by atoms with van der Waals surface area (Å²) < 4.78 is 0. The van der Waals surface area contributed by atoms with Crippen molar-refractivity contribution in [3.63, 3.8) is 0 Å². The van der Waals surface area contributed by atoms with Crippen LogP contribution in [-0.4, -0.2) is 40.3 Å². The van der Waals surface area contributed by atoms with Crippen LogP contribution in [0.25, 0.3) is 0 Å². The lowest BCUT2D eigenvalue weighted by Gasteiger charge is -2.12. The monoisotopic (exact) mass is 261 g/mol. The van der Waals surface area contributed by atoms with Gasteiger partial charge < -0.3 is 10.2 Å². The first kappa shape index (κ1) is 12.8. The van der Waals surface area contributed by atoms with Crippen molar-refractivity contribution < 1.29 is 9.72 Å². The predicted octanol–water partition coefficient (Wildman–Crippen LogP) is 0.504. The average Bonchev–Trinajstić information content (AvgIpc) is 2.70. The van der Waals surface area contributed by atoms with Crippen molar-refractivity contribution in [2.24, 2.45) is 0 Å². The van der Waals surface area contributed by atoms with Crippen LogP contribution < -0.4 is 5.32 Å². The summed E-state index contributed by atoms with van der Waals surface area (Å²) >= 11 is 0. The number of carbonyl (C=O) groups excluding carboxylic acids is 1. The van der Waals surface area contributed by atoms with Crippen LogP contribution in [0.3, 0.4) is 0 Å². The Morgan fingerprint density at radius 3 is 2.89 bits per heavy atom. The molecule has 0 bridgehead atoms. The largest absolute Gasteiger partial charge is 0.358 e. The van der Waals surface area contributed by atoms with Crippen molar-refractivity contribution >= 4 is 17.4 Å². The molecule has 0 radical (unpaired) electrons. The van der Waals surface area contributed by atoms with Crippen LogP contribution in [0, 0.1) is 21.4 Å². The molecule has 0 saturated carbocycles. The smallest absolute Gasteiger partial charge is 0.305 e. The Labute approximate surface area is 108 Å². The highest BCUT2D eigenvalue weighted by Gasteiger charge is 2.29. The second-order valence-corrected chi connectivity index (χ2v) is 4.18. The molecule has 98 valence electrons. The van der Waals surface area contributed by atoms with E-state index in [4.69, 9.17) is 5.26 Å². The van der Waals surface area contributed by atoms with E-state index in [1.807, 2.05) is 0 Å². The molecular weight excluding hydrogens is 250 g/mol. The summed E-state index contributed by atoms with van der Waals surface area (Å²) in [5, 5.41) is 22.4. The molecule has 1 saturated heterocycles. The Morgan fingerprint density at radius 1 is 1.63 bits per heavy atom. The molecule has 1 aliphatic rings. The topological polar surface area (TPSA) is 112 Å². The fraction of sp³-hybridized carbons (Fsp3) is 0.364. The first-order valence-electron chi connectivity index (χ1n) is 5.60. The molecule has 1 aromatic heterocycles. The van der Waals surface area contributed by atoms with Crippen molar-refractivity contribution in [3.05, 3.63) is 27.9 Å². The van der Waals surface area contributed by atoms with E-state index >= 15 is 0 Å². The van der Waals surface area contributed by atoms with Crippen LogP contribution in [0.1, 0.15) is 12.1 Å². The van der Waals surface area contributed by atoms with E-state index in [2.05, 4.69) is 10.3 Å². The van der Waals surface area contributed by atoms with E-state index < -0.39 is 11.0 Å². The molecule has 1 aliphatic heterocycles. The molecule has 1 unspecified atom stereocenters. The molecule has 2 rings (SSSR count). The zero-order chi connectivity index (χ0) is 14.0. The minimum atomic E-state index is -0.663. The lowest BCUT2D eigenvalue weighted by molar-refractivity contribution is -0.385. The molecular formula is C11H11N5O3. The first-order chi connectivity index (χ1) is 9.02. The molecule has 0 aliphatic carbocycles. The van der Waals surface area contributed by atoms with Gasteiger partial charge >= 0.3 is 5.69 Å². The van der Waals surface area contributed by atoms with E-state index in [0.717, 1.165) is 0 Å². The fourth-order valence-corrected chi connectivity index (χ4v) is 1.90. The van der Waals surface area contributed by atoms with Gasteiger partial charge in [-0.25, -0.2) is 4.98 Å². The normalized spacial score (nSPS) is 18.2. The van der Waals surface area contributed by atoms with Gasteiger partial charge in [0.05, 0.1) is 4.92 Å². The number of hydrogen-bond donors (Lipinski definition) is 1. The molecule has 1 N–H and O–H groups in total. The number of rotatable bonds is 3. The lowest BCUT2D eigenvalue weighted by Crippen LogP contribution is -2.31. The third kappa shape index (κ3) is 2.44. The molecule has 8 heteroatoms. The third-order valence-corrected chi connectivity index (χ3v) is 2.93. The summed E-state index contributed by atoms with van der Waals surface area (Å²) in [6, 6.07) is 3.88. The van der Waals surface area contributed by atoms with Gasteiger partial charge in [-0.3, -0.25) is 14.9 Å². The Hall–Kier alpha value is -2.69. The second-order valence-electron chi connectivity index (χ2n) is 4.18.